The number of fused-ring (bicyclic) bond motifs is 1. The van der Waals surface area contributed by atoms with E-state index < -0.39 is 0 Å². The summed E-state index contributed by atoms with van der Waals surface area (Å²) in [6, 6.07) is 10.1. The lowest BCUT2D eigenvalue weighted by atomic mass is 10.1. The SMILES string of the molecule is CCc1cccc2cc(C#N)c(NC)nc12. The third-order valence-electron chi connectivity index (χ3n) is 2.67. The van der Waals surface area contributed by atoms with Gasteiger partial charge in [-0.2, -0.15) is 5.26 Å². The largest absolute Gasteiger partial charge is 0.372 e. The number of hydrogen-bond donors (Lipinski definition) is 1. The van der Waals surface area contributed by atoms with E-state index in [-0.39, 0.29) is 0 Å². The minimum absolute atomic E-state index is 0.586. The molecule has 1 aromatic heterocycles. The predicted octanol–water partition coefficient (Wildman–Crippen LogP) is 2.71. The maximum atomic E-state index is 9.01. The van der Waals surface area contributed by atoms with E-state index >= 15 is 0 Å². The van der Waals surface area contributed by atoms with E-state index in [1.807, 2.05) is 18.2 Å². The highest BCUT2D eigenvalue weighted by Gasteiger charge is 2.07. The summed E-state index contributed by atoms with van der Waals surface area (Å²) in [5.74, 6) is 0.649. The molecule has 0 aliphatic heterocycles. The van der Waals surface area contributed by atoms with Crippen LogP contribution in [0, 0.1) is 11.3 Å². The second-order valence-electron chi connectivity index (χ2n) is 3.59. The van der Waals surface area contributed by atoms with E-state index in [9.17, 15) is 0 Å². The zero-order valence-corrected chi connectivity index (χ0v) is 9.41. The molecule has 2 rings (SSSR count). The van der Waals surface area contributed by atoms with E-state index in [1.54, 1.807) is 7.05 Å². The van der Waals surface area contributed by atoms with Gasteiger partial charge in [-0.25, -0.2) is 4.98 Å². The fourth-order valence-corrected chi connectivity index (χ4v) is 1.82. The van der Waals surface area contributed by atoms with E-state index in [1.165, 1.54) is 5.56 Å². The molecule has 3 nitrogen and oxygen atoms in total. The minimum atomic E-state index is 0.586. The van der Waals surface area contributed by atoms with Crippen LogP contribution in [-0.2, 0) is 6.42 Å². The molecule has 0 atom stereocenters. The van der Waals surface area contributed by atoms with Crippen molar-refractivity contribution >= 4 is 16.7 Å². The van der Waals surface area contributed by atoms with E-state index in [4.69, 9.17) is 5.26 Å². The molecule has 0 spiro atoms. The number of para-hydroxylation sites is 1. The van der Waals surface area contributed by atoms with Gasteiger partial charge in [-0.1, -0.05) is 25.1 Å². The minimum Gasteiger partial charge on any atom is -0.372 e. The molecule has 0 fully saturated rings. The molecule has 0 radical (unpaired) electrons. The zero-order chi connectivity index (χ0) is 11.5. The van der Waals surface area contributed by atoms with Crippen molar-refractivity contribution in [2.75, 3.05) is 12.4 Å². The number of rotatable bonds is 2. The number of nitrogens with one attached hydrogen (secondary N) is 1. The number of aryl methyl sites for hydroxylation is 1. The molecule has 2 aromatic rings. The summed E-state index contributed by atoms with van der Waals surface area (Å²) < 4.78 is 0. The molecule has 0 amide bonds. The van der Waals surface area contributed by atoms with Crippen LogP contribution in [0.4, 0.5) is 5.82 Å². The highest BCUT2D eigenvalue weighted by Crippen LogP contribution is 2.22. The molecule has 16 heavy (non-hydrogen) atoms. The van der Waals surface area contributed by atoms with Crippen LogP contribution in [0.5, 0.6) is 0 Å². The van der Waals surface area contributed by atoms with Crippen LogP contribution in [0.3, 0.4) is 0 Å². The van der Waals surface area contributed by atoms with E-state index in [0.29, 0.717) is 11.4 Å². The number of aromatic nitrogens is 1. The normalized spacial score (nSPS) is 10.1. The maximum absolute atomic E-state index is 9.01. The van der Waals surface area contributed by atoms with Gasteiger partial charge in [-0.15, -0.1) is 0 Å². The topological polar surface area (TPSA) is 48.7 Å². The second kappa shape index (κ2) is 4.19. The number of benzene rings is 1. The standard InChI is InChI=1S/C13H13N3/c1-3-9-5-4-6-10-7-11(8-14)13(15-2)16-12(9)10/h4-7H,3H2,1-2H3,(H,15,16). The van der Waals surface area contributed by atoms with Crippen LogP contribution in [0.15, 0.2) is 24.3 Å². The van der Waals surface area contributed by atoms with Gasteiger partial charge in [-0.3, -0.25) is 0 Å². The average Bonchev–Trinajstić information content (AvgIpc) is 2.36. The van der Waals surface area contributed by atoms with Gasteiger partial charge >= 0.3 is 0 Å². The van der Waals surface area contributed by atoms with Crippen molar-refractivity contribution < 1.29 is 0 Å². The molecule has 0 saturated carbocycles. The van der Waals surface area contributed by atoms with E-state index in [0.717, 1.165) is 17.3 Å². The number of pyridine rings is 1. The first-order valence-electron chi connectivity index (χ1n) is 5.30. The third kappa shape index (κ3) is 1.59. The summed E-state index contributed by atoms with van der Waals surface area (Å²) in [6.07, 6.45) is 0.944. The number of nitriles is 1. The zero-order valence-electron chi connectivity index (χ0n) is 9.41. The fourth-order valence-electron chi connectivity index (χ4n) is 1.82. The van der Waals surface area contributed by atoms with Crippen LogP contribution in [-0.4, -0.2) is 12.0 Å². The Bertz CT molecular complexity index is 567. The van der Waals surface area contributed by atoms with Crippen molar-refractivity contribution in [1.29, 1.82) is 5.26 Å². The fraction of sp³-hybridized carbons (Fsp3) is 0.231. The number of nitrogens with zero attached hydrogens (tertiary/aromatic N) is 2. The lowest BCUT2D eigenvalue weighted by Crippen LogP contribution is -1.98. The lowest BCUT2D eigenvalue weighted by Gasteiger charge is -2.07. The average molecular weight is 211 g/mol. The van der Waals surface area contributed by atoms with Gasteiger partial charge < -0.3 is 5.32 Å². The molecule has 1 N–H and O–H groups in total. The Labute approximate surface area is 94.7 Å². The third-order valence-corrected chi connectivity index (χ3v) is 2.67. The quantitative estimate of drug-likeness (QED) is 0.830. The molecule has 0 aliphatic rings. The predicted molar refractivity (Wildman–Crippen MR) is 65.4 cm³/mol. The maximum Gasteiger partial charge on any atom is 0.144 e. The summed E-state index contributed by atoms with van der Waals surface area (Å²) in [6.45, 7) is 2.10. The Morgan fingerprint density at radius 2 is 2.25 bits per heavy atom. The molecular weight excluding hydrogens is 198 g/mol. The van der Waals surface area contributed by atoms with E-state index in [2.05, 4.69) is 29.4 Å². The van der Waals surface area contributed by atoms with Crippen molar-refractivity contribution in [3.8, 4) is 6.07 Å². The highest BCUT2D eigenvalue weighted by molar-refractivity contribution is 5.85. The van der Waals surface area contributed by atoms with Gasteiger partial charge in [0.2, 0.25) is 0 Å². The molecule has 80 valence electrons. The first kappa shape index (κ1) is 10.4. The number of anilines is 1. The van der Waals surface area contributed by atoms with Crippen LogP contribution in [0.2, 0.25) is 0 Å². The molecule has 0 bridgehead atoms. The first-order chi connectivity index (χ1) is 7.80. The van der Waals surface area contributed by atoms with Crippen molar-refractivity contribution in [3.05, 3.63) is 35.4 Å². The van der Waals surface area contributed by atoms with Gasteiger partial charge in [0.15, 0.2) is 0 Å². The van der Waals surface area contributed by atoms with Gasteiger partial charge in [0.25, 0.3) is 0 Å². The Hall–Kier alpha value is -2.08. The Balaban J connectivity index is 2.79. The van der Waals surface area contributed by atoms with Gasteiger partial charge in [0.05, 0.1) is 11.1 Å². The van der Waals surface area contributed by atoms with Crippen LogP contribution >= 0.6 is 0 Å². The summed E-state index contributed by atoms with van der Waals surface area (Å²) in [5, 5.41) is 13.0. The number of hydrogen-bond acceptors (Lipinski definition) is 3. The lowest BCUT2D eigenvalue weighted by molar-refractivity contribution is 1.14. The van der Waals surface area contributed by atoms with Crippen LogP contribution < -0.4 is 5.32 Å². The van der Waals surface area contributed by atoms with Crippen molar-refractivity contribution in [2.24, 2.45) is 0 Å². The molecule has 1 heterocycles. The van der Waals surface area contributed by atoms with Crippen molar-refractivity contribution in [3.63, 3.8) is 0 Å². The molecule has 1 aromatic carbocycles. The summed E-state index contributed by atoms with van der Waals surface area (Å²) in [4.78, 5) is 4.50. The Morgan fingerprint density at radius 1 is 1.44 bits per heavy atom. The smallest absolute Gasteiger partial charge is 0.144 e. The van der Waals surface area contributed by atoms with Gasteiger partial charge in [0, 0.05) is 12.4 Å². The van der Waals surface area contributed by atoms with Crippen LogP contribution in [0.1, 0.15) is 18.1 Å². The summed E-state index contributed by atoms with van der Waals surface area (Å²) in [7, 11) is 1.78. The monoisotopic (exact) mass is 211 g/mol. The van der Waals surface area contributed by atoms with Gasteiger partial charge in [-0.05, 0) is 18.1 Å². The van der Waals surface area contributed by atoms with Gasteiger partial charge in [0.1, 0.15) is 11.9 Å². The molecule has 0 unspecified atom stereocenters. The highest BCUT2D eigenvalue weighted by atomic mass is 15.0. The molecule has 0 aliphatic carbocycles. The summed E-state index contributed by atoms with van der Waals surface area (Å²) in [5.41, 5.74) is 2.77. The first-order valence-corrected chi connectivity index (χ1v) is 5.30. The molecular formula is C13H13N3. The Morgan fingerprint density at radius 3 is 2.88 bits per heavy atom. The van der Waals surface area contributed by atoms with Crippen molar-refractivity contribution in [2.45, 2.75) is 13.3 Å². The molecule has 0 saturated heterocycles. The van der Waals surface area contributed by atoms with Crippen molar-refractivity contribution in [1.82, 2.24) is 4.98 Å². The van der Waals surface area contributed by atoms with Crippen LogP contribution in [0.25, 0.3) is 10.9 Å². The Kier molecular flexibility index (Phi) is 2.74. The second-order valence-corrected chi connectivity index (χ2v) is 3.59. The molecule has 3 heteroatoms. The summed E-state index contributed by atoms with van der Waals surface area (Å²) >= 11 is 0.